The monoisotopic (exact) mass is 343 g/mol. The summed E-state index contributed by atoms with van der Waals surface area (Å²) in [6.45, 7) is 5.07. The third-order valence-electron chi connectivity index (χ3n) is 3.09. The minimum atomic E-state index is -0.577. The summed E-state index contributed by atoms with van der Waals surface area (Å²) in [5.74, 6) is -1.15. The maximum absolute atomic E-state index is 14.2. The largest absolute Gasteiger partial charge is 0.305 e. The summed E-state index contributed by atoms with van der Waals surface area (Å²) in [6, 6.07) is 3.76. The highest BCUT2D eigenvalue weighted by atomic mass is 79.9. The van der Waals surface area contributed by atoms with Gasteiger partial charge in [-0.2, -0.15) is 5.10 Å². The summed E-state index contributed by atoms with van der Waals surface area (Å²) in [5.41, 5.74) is 0.764. The van der Waals surface area contributed by atoms with Gasteiger partial charge in [-0.1, -0.05) is 22.9 Å². The third-order valence-corrected chi connectivity index (χ3v) is 3.54. The lowest BCUT2D eigenvalue weighted by molar-refractivity contribution is 0.483. The molecule has 1 aromatic carbocycles. The van der Waals surface area contributed by atoms with E-state index >= 15 is 0 Å². The maximum atomic E-state index is 14.2. The van der Waals surface area contributed by atoms with E-state index in [9.17, 15) is 8.78 Å². The average Bonchev–Trinajstić information content (AvgIpc) is 2.84. The number of hydrogen-bond acceptors (Lipinski definition) is 2. The first kappa shape index (κ1) is 15.1. The first-order valence-corrected chi connectivity index (χ1v) is 7.27. The molecule has 1 unspecified atom stereocenters. The molecule has 0 saturated carbocycles. The van der Waals surface area contributed by atoms with E-state index in [-0.39, 0.29) is 5.56 Å². The van der Waals surface area contributed by atoms with Crippen LogP contribution in [0.15, 0.2) is 28.9 Å². The van der Waals surface area contributed by atoms with E-state index in [2.05, 4.69) is 26.3 Å². The van der Waals surface area contributed by atoms with Gasteiger partial charge in [-0.25, -0.2) is 8.78 Å². The Kier molecular flexibility index (Phi) is 4.88. The fourth-order valence-electron chi connectivity index (χ4n) is 2.24. The van der Waals surface area contributed by atoms with E-state index < -0.39 is 17.7 Å². The molecular formula is C14H16BrF2N3. The molecule has 2 aromatic rings. The van der Waals surface area contributed by atoms with Crippen LogP contribution in [0.3, 0.4) is 0 Å². The van der Waals surface area contributed by atoms with Crippen molar-refractivity contribution in [1.29, 1.82) is 0 Å². The molecule has 20 heavy (non-hydrogen) atoms. The molecule has 0 fully saturated rings. The van der Waals surface area contributed by atoms with Crippen LogP contribution >= 0.6 is 15.9 Å². The van der Waals surface area contributed by atoms with Gasteiger partial charge in [0.1, 0.15) is 11.6 Å². The van der Waals surface area contributed by atoms with Gasteiger partial charge >= 0.3 is 0 Å². The molecule has 6 heteroatoms. The molecule has 0 aliphatic heterocycles. The molecule has 0 radical (unpaired) electrons. The Morgan fingerprint density at radius 1 is 1.30 bits per heavy atom. The van der Waals surface area contributed by atoms with Gasteiger partial charge in [0.2, 0.25) is 0 Å². The Balaban J connectivity index is 2.54. The van der Waals surface area contributed by atoms with E-state index in [1.807, 2.05) is 13.8 Å². The highest BCUT2D eigenvalue weighted by Gasteiger charge is 2.24. The van der Waals surface area contributed by atoms with Gasteiger partial charge in [0, 0.05) is 22.8 Å². The van der Waals surface area contributed by atoms with Gasteiger partial charge in [0.15, 0.2) is 0 Å². The van der Waals surface area contributed by atoms with Gasteiger partial charge < -0.3 is 5.32 Å². The zero-order valence-corrected chi connectivity index (χ0v) is 12.9. The van der Waals surface area contributed by atoms with Crippen molar-refractivity contribution < 1.29 is 8.78 Å². The zero-order valence-electron chi connectivity index (χ0n) is 11.3. The molecule has 1 N–H and O–H groups in total. The standard InChI is InChI=1S/C14H16BrF2N3/c1-3-18-14(12-5-6-19-20(12)4-2)13-10(16)7-9(15)8-11(13)17/h5-8,14,18H,3-4H2,1-2H3. The second-order valence-electron chi connectivity index (χ2n) is 4.35. The fraction of sp³-hybridized carbons (Fsp3) is 0.357. The van der Waals surface area contributed by atoms with Crippen LogP contribution in [0.1, 0.15) is 31.1 Å². The number of aryl methyl sites for hydroxylation is 1. The van der Waals surface area contributed by atoms with Crippen molar-refractivity contribution in [3.8, 4) is 0 Å². The molecule has 0 bridgehead atoms. The number of nitrogens with zero attached hydrogens (tertiary/aromatic N) is 2. The van der Waals surface area contributed by atoms with Crippen molar-refractivity contribution in [2.75, 3.05) is 6.54 Å². The summed E-state index contributed by atoms with van der Waals surface area (Å²) >= 11 is 3.09. The summed E-state index contributed by atoms with van der Waals surface area (Å²) < 4.78 is 30.5. The highest BCUT2D eigenvalue weighted by molar-refractivity contribution is 9.10. The first-order chi connectivity index (χ1) is 9.58. The molecule has 1 aromatic heterocycles. The number of nitrogens with one attached hydrogen (secondary N) is 1. The lowest BCUT2D eigenvalue weighted by Crippen LogP contribution is -2.26. The van der Waals surface area contributed by atoms with Crippen molar-refractivity contribution in [1.82, 2.24) is 15.1 Å². The molecule has 0 spiro atoms. The second-order valence-corrected chi connectivity index (χ2v) is 5.26. The van der Waals surface area contributed by atoms with Crippen LogP contribution in [0.25, 0.3) is 0 Å². The first-order valence-electron chi connectivity index (χ1n) is 6.48. The van der Waals surface area contributed by atoms with Crippen LogP contribution in [0.4, 0.5) is 8.78 Å². The van der Waals surface area contributed by atoms with E-state index in [0.717, 1.165) is 5.69 Å². The second kappa shape index (κ2) is 6.45. The Bertz CT molecular complexity index is 575. The van der Waals surface area contributed by atoms with E-state index in [1.54, 1.807) is 16.9 Å². The van der Waals surface area contributed by atoms with Gasteiger partial charge in [0.05, 0.1) is 11.7 Å². The Hall–Kier alpha value is -1.27. The van der Waals surface area contributed by atoms with E-state index in [0.29, 0.717) is 17.6 Å². The summed E-state index contributed by atoms with van der Waals surface area (Å²) in [7, 11) is 0. The van der Waals surface area contributed by atoms with Gasteiger partial charge in [-0.15, -0.1) is 0 Å². The number of benzene rings is 1. The summed E-state index contributed by atoms with van der Waals surface area (Å²) in [6.07, 6.45) is 1.64. The van der Waals surface area contributed by atoms with Crippen LogP contribution in [-0.2, 0) is 6.54 Å². The Labute approximate surface area is 125 Å². The van der Waals surface area contributed by atoms with Gasteiger partial charge in [-0.3, -0.25) is 4.68 Å². The predicted octanol–water partition coefficient (Wildman–Crippen LogP) is 3.64. The van der Waals surface area contributed by atoms with Crippen LogP contribution in [0.2, 0.25) is 0 Å². The predicted molar refractivity (Wildman–Crippen MR) is 77.5 cm³/mol. The average molecular weight is 344 g/mol. The zero-order chi connectivity index (χ0) is 14.7. The highest BCUT2D eigenvalue weighted by Crippen LogP contribution is 2.29. The van der Waals surface area contributed by atoms with Gasteiger partial charge in [-0.05, 0) is 31.7 Å². The Morgan fingerprint density at radius 2 is 1.95 bits per heavy atom. The van der Waals surface area contributed by atoms with Crippen LogP contribution < -0.4 is 5.32 Å². The van der Waals surface area contributed by atoms with Crippen LogP contribution in [-0.4, -0.2) is 16.3 Å². The maximum Gasteiger partial charge on any atom is 0.132 e. The molecule has 2 rings (SSSR count). The smallest absolute Gasteiger partial charge is 0.132 e. The van der Waals surface area contributed by atoms with E-state index in [1.165, 1.54) is 12.1 Å². The molecule has 108 valence electrons. The normalized spacial score (nSPS) is 12.7. The molecule has 1 heterocycles. The lowest BCUT2D eigenvalue weighted by atomic mass is 10.0. The molecule has 1 atom stereocenters. The topological polar surface area (TPSA) is 29.9 Å². The molecule has 3 nitrogen and oxygen atoms in total. The van der Waals surface area contributed by atoms with Crippen molar-refractivity contribution >= 4 is 15.9 Å². The molecule has 0 saturated heterocycles. The van der Waals surface area contributed by atoms with Crippen LogP contribution in [0.5, 0.6) is 0 Å². The molecule has 0 amide bonds. The molecule has 0 aliphatic carbocycles. The van der Waals surface area contributed by atoms with Crippen molar-refractivity contribution in [2.24, 2.45) is 0 Å². The fourth-order valence-corrected chi connectivity index (χ4v) is 2.64. The SMILES string of the molecule is CCNC(c1c(F)cc(Br)cc1F)c1ccnn1CC. The number of halogens is 3. The molecular weight excluding hydrogens is 328 g/mol. The number of aromatic nitrogens is 2. The van der Waals surface area contributed by atoms with E-state index in [4.69, 9.17) is 0 Å². The lowest BCUT2D eigenvalue weighted by Gasteiger charge is -2.21. The van der Waals surface area contributed by atoms with Gasteiger partial charge in [0.25, 0.3) is 0 Å². The number of hydrogen-bond donors (Lipinski definition) is 1. The minimum absolute atomic E-state index is 0.0188. The summed E-state index contributed by atoms with van der Waals surface area (Å²) in [4.78, 5) is 0. The quantitative estimate of drug-likeness (QED) is 0.898. The molecule has 0 aliphatic rings. The Morgan fingerprint density at radius 3 is 2.50 bits per heavy atom. The van der Waals surface area contributed by atoms with Crippen molar-refractivity contribution in [2.45, 2.75) is 26.4 Å². The van der Waals surface area contributed by atoms with Crippen LogP contribution in [0, 0.1) is 11.6 Å². The van der Waals surface area contributed by atoms with Crippen molar-refractivity contribution in [3.63, 3.8) is 0 Å². The van der Waals surface area contributed by atoms with Crippen molar-refractivity contribution in [3.05, 3.63) is 51.8 Å². The number of rotatable bonds is 5. The summed E-state index contributed by atoms with van der Waals surface area (Å²) in [5, 5.41) is 7.28. The third kappa shape index (κ3) is 2.91. The minimum Gasteiger partial charge on any atom is -0.305 e.